The number of ketones is 1. The zero-order chi connectivity index (χ0) is 29.3. The first kappa shape index (κ1) is 28.1. The van der Waals surface area contributed by atoms with E-state index < -0.39 is 26.2 Å². The molecule has 16 heteroatoms. The smallest absolute Gasteiger partial charge is 0.295 e. The molecule has 0 saturated carbocycles. The van der Waals surface area contributed by atoms with Crippen LogP contribution in [0.3, 0.4) is 0 Å². The number of methoxy groups -OCH3 is 1. The standard InChI is InChI=1S/C25H26N7O8P/c1-16-27-14-32(28-16)23-21-20(19(39-2)12-26-23)18(13-31(21)15-40-41(36,37)38)22(33)25(35)30-10-8-29(9-11-30)24(34)17-6-4-3-5-7-17/h3-7,12-14H,8-11,15H2,1-2H3,(H2,36,37,38)/p-1. The topological polar surface area (TPSA) is 185 Å². The van der Waals surface area contributed by atoms with Gasteiger partial charge in [-0.25, -0.2) is 14.6 Å². The zero-order valence-corrected chi connectivity index (χ0v) is 22.9. The van der Waals surface area contributed by atoms with Gasteiger partial charge in [0.25, 0.3) is 25.4 Å². The summed E-state index contributed by atoms with van der Waals surface area (Å²) >= 11 is 0. The minimum absolute atomic E-state index is 0.104. The molecular formula is C25H25N7O8P-. The van der Waals surface area contributed by atoms with Gasteiger partial charge in [0.1, 0.15) is 30.1 Å². The van der Waals surface area contributed by atoms with E-state index in [1.807, 2.05) is 6.07 Å². The Morgan fingerprint density at radius 1 is 1.07 bits per heavy atom. The van der Waals surface area contributed by atoms with Crippen molar-refractivity contribution in [2.24, 2.45) is 0 Å². The van der Waals surface area contributed by atoms with Crippen molar-refractivity contribution in [2.45, 2.75) is 13.7 Å². The van der Waals surface area contributed by atoms with Crippen molar-refractivity contribution in [1.82, 2.24) is 34.1 Å². The molecule has 1 N–H and O–H groups in total. The molecule has 4 heterocycles. The van der Waals surface area contributed by atoms with Crippen LogP contribution in [-0.4, -0.2) is 89.9 Å². The van der Waals surface area contributed by atoms with Crippen LogP contribution in [-0.2, 0) is 20.6 Å². The lowest BCUT2D eigenvalue weighted by Crippen LogP contribution is -2.52. The third-order valence-corrected chi connectivity index (χ3v) is 7.00. The van der Waals surface area contributed by atoms with E-state index in [-0.39, 0.29) is 60.1 Å². The Morgan fingerprint density at radius 2 is 1.76 bits per heavy atom. The summed E-state index contributed by atoms with van der Waals surface area (Å²) in [6, 6.07) is 8.77. The number of ether oxygens (including phenoxy) is 1. The SMILES string of the molecule is COc1cnc(-n2cnc(C)n2)c2c1c(C(=O)C(=O)N1CCN(C(=O)c3ccccc3)CC1)cn2COP(=O)([O-])O. The molecule has 1 atom stereocenters. The van der Waals surface area contributed by atoms with E-state index in [0.717, 1.165) is 0 Å². The monoisotopic (exact) mass is 582 g/mol. The highest BCUT2D eigenvalue weighted by atomic mass is 31.2. The van der Waals surface area contributed by atoms with Crippen molar-refractivity contribution < 1.29 is 38.0 Å². The molecule has 0 radical (unpaired) electrons. The molecule has 15 nitrogen and oxygen atoms in total. The van der Waals surface area contributed by atoms with Gasteiger partial charge in [-0.1, -0.05) is 18.2 Å². The van der Waals surface area contributed by atoms with Crippen LogP contribution in [0.25, 0.3) is 16.7 Å². The minimum Gasteiger partial charge on any atom is -0.756 e. The average molecular weight is 582 g/mol. The number of amides is 2. The van der Waals surface area contributed by atoms with E-state index in [1.165, 1.54) is 40.0 Å². The number of hydrogen-bond donors (Lipinski definition) is 1. The van der Waals surface area contributed by atoms with Gasteiger partial charge in [0.05, 0.1) is 24.3 Å². The number of phosphoric ester groups is 1. The number of rotatable bonds is 8. The molecule has 214 valence electrons. The lowest BCUT2D eigenvalue weighted by molar-refractivity contribution is -0.222. The summed E-state index contributed by atoms with van der Waals surface area (Å²) in [6.07, 6.45) is 3.93. The lowest BCUT2D eigenvalue weighted by atomic mass is 10.1. The number of aromatic nitrogens is 5. The summed E-state index contributed by atoms with van der Waals surface area (Å²) in [6.45, 7) is 1.67. The van der Waals surface area contributed by atoms with Gasteiger partial charge < -0.3 is 28.9 Å². The number of hydrogen-bond acceptors (Lipinski definition) is 10. The molecule has 0 aliphatic carbocycles. The second-order valence-electron chi connectivity index (χ2n) is 9.13. The fourth-order valence-electron chi connectivity index (χ4n) is 4.61. The van der Waals surface area contributed by atoms with Crippen LogP contribution < -0.4 is 9.63 Å². The molecule has 1 aliphatic rings. The molecular weight excluding hydrogens is 557 g/mol. The first-order valence-electron chi connectivity index (χ1n) is 12.4. The van der Waals surface area contributed by atoms with Crippen molar-refractivity contribution in [2.75, 3.05) is 33.3 Å². The van der Waals surface area contributed by atoms with Gasteiger partial charge in [-0.15, -0.1) is 0 Å². The number of Topliss-reactive ketones (excluding diaryl/α,β-unsaturated/α-hetero) is 1. The molecule has 1 aromatic carbocycles. The van der Waals surface area contributed by atoms with Crippen molar-refractivity contribution in [3.05, 3.63) is 66.0 Å². The molecule has 1 saturated heterocycles. The molecule has 1 aliphatic heterocycles. The lowest BCUT2D eigenvalue weighted by Gasteiger charge is -2.34. The molecule has 0 spiro atoms. The minimum atomic E-state index is -5.15. The molecule has 4 aromatic rings. The van der Waals surface area contributed by atoms with Gasteiger partial charge in [-0.05, 0) is 19.1 Å². The second kappa shape index (κ2) is 11.2. The first-order chi connectivity index (χ1) is 19.6. The normalized spacial score (nSPS) is 15.1. The summed E-state index contributed by atoms with van der Waals surface area (Å²) in [5.41, 5.74) is 0.576. The van der Waals surface area contributed by atoms with Gasteiger partial charge in [-0.2, -0.15) is 5.10 Å². The van der Waals surface area contributed by atoms with Crippen LogP contribution in [0.4, 0.5) is 0 Å². The number of carbonyl (C=O) groups excluding carboxylic acids is 3. The van der Waals surface area contributed by atoms with Gasteiger partial charge in [0, 0.05) is 37.9 Å². The van der Waals surface area contributed by atoms with E-state index in [4.69, 9.17) is 4.74 Å². The number of piperazine rings is 1. The highest BCUT2D eigenvalue weighted by molar-refractivity contribution is 7.44. The number of pyridine rings is 1. The Hall–Kier alpha value is -4.43. The van der Waals surface area contributed by atoms with E-state index >= 15 is 0 Å². The highest BCUT2D eigenvalue weighted by Gasteiger charge is 2.32. The van der Waals surface area contributed by atoms with Gasteiger partial charge in [0.2, 0.25) is 0 Å². The fourth-order valence-corrected chi connectivity index (χ4v) is 4.88. The number of carbonyl (C=O) groups is 3. The summed E-state index contributed by atoms with van der Waals surface area (Å²) in [5, 5.41) is 4.39. The van der Waals surface area contributed by atoms with Crippen molar-refractivity contribution in [3.63, 3.8) is 0 Å². The molecule has 0 bridgehead atoms. The van der Waals surface area contributed by atoms with Crippen LogP contribution in [0, 0.1) is 6.92 Å². The molecule has 5 rings (SSSR count). The van der Waals surface area contributed by atoms with Crippen molar-refractivity contribution >= 4 is 36.3 Å². The zero-order valence-electron chi connectivity index (χ0n) is 22.0. The number of aryl methyl sites for hydroxylation is 1. The summed E-state index contributed by atoms with van der Waals surface area (Å²) < 4.78 is 23.9. The van der Waals surface area contributed by atoms with E-state index in [0.29, 0.717) is 11.4 Å². The summed E-state index contributed by atoms with van der Waals surface area (Å²) in [4.78, 5) is 71.7. The first-order valence-corrected chi connectivity index (χ1v) is 13.9. The molecule has 1 unspecified atom stereocenters. The second-order valence-corrected chi connectivity index (χ2v) is 10.3. The predicted octanol–water partition coefficient (Wildman–Crippen LogP) is 0.536. The van der Waals surface area contributed by atoms with Crippen LogP contribution in [0.2, 0.25) is 0 Å². The third-order valence-electron chi connectivity index (χ3n) is 6.56. The number of phosphoric acid groups is 1. The maximum absolute atomic E-state index is 13.6. The van der Waals surface area contributed by atoms with Gasteiger partial charge in [0.15, 0.2) is 5.82 Å². The van der Waals surface area contributed by atoms with Crippen LogP contribution >= 0.6 is 7.82 Å². The highest BCUT2D eigenvalue weighted by Crippen LogP contribution is 2.36. The number of fused-ring (bicyclic) bond motifs is 1. The maximum atomic E-state index is 13.6. The molecule has 3 aromatic heterocycles. The van der Waals surface area contributed by atoms with E-state index in [9.17, 15) is 28.7 Å². The summed E-state index contributed by atoms with van der Waals surface area (Å²) in [5.74, 6) is -1.19. The quantitative estimate of drug-likeness (QED) is 0.174. The maximum Gasteiger partial charge on any atom is 0.295 e. The van der Waals surface area contributed by atoms with Crippen LogP contribution in [0.1, 0.15) is 26.5 Å². The molecule has 41 heavy (non-hydrogen) atoms. The van der Waals surface area contributed by atoms with Crippen molar-refractivity contribution in [1.29, 1.82) is 0 Å². The Morgan fingerprint density at radius 3 is 2.37 bits per heavy atom. The Kier molecular flexibility index (Phi) is 7.69. The Balaban J connectivity index is 1.47. The number of nitrogens with zero attached hydrogens (tertiary/aromatic N) is 7. The van der Waals surface area contributed by atoms with Crippen LogP contribution in [0.5, 0.6) is 5.75 Å². The average Bonchev–Trinajstić information content (AvgIpc) is 3.58. The van der Waals surface area contributed by atoms with E-state index in [2.05, 4.69) is 19.6 Å². The predicted molar refractivity (Wildman–Crippen MR) is 140 cm³/mol. The largest absolute Gasteiger partial charge is 0.756 e. The fraction of sp³-hybridized carbons (Fsp3) is 0.280. The number of benzene rings is 1. The van der Waals surface area contributed by atoms with Crippen molar-refractivity contribution in [3.8, 4) is 11.6 Å². The molecule has 1 fully saturated rings. The van der Waals surface area contributed by atoms with Gasteiger partial charge >= 0.3 is 0 Å². The van der Waals surface area contributed by atoms with E-state index in [1.54, 1.807) is 36.1 Å². The van der Waals surface area contributed by atoms with Crippen LogP contribution in [0.15, 0.2) is 49.1 Å². The van der Waals surface area contributed by atoms with Gasteiger partial charge in [-0.3, -0.25) is 23.5 Å². The summed E-state index contributed by atoms with van der Waals surface area (Å²) in [7, 11) is -3.80. The Labute approximate surface area is 233 Å². The third kappa shape index (κ3) is 5.74. The Bertz CT molecular complexity index is 1670. The molecule has 2 amide bonds.